The van der Waals surface area contributed by atoms with Gasteiger partial charge in [-0.1, -0.05) is 6.07 Å². The van der Waals surface area contributed by atoms with Crippen molar-refractivity contribution in [2.45, 2.75) is 12.5 Å². The number of H-pyrrole nitrogens is 1. The lowest BCUT2D eigenvalue weighted by Crippen LogP contribution is -2.09. The van der Waals surface area contributed by atoms with Crippen LogP contribution in [-0.2, 0) is 0 Å². The van der Waals surface area contributed by atoms with Gasteiger partial charge < -0.3 is 20.5 Å². The molecule has 0 spiro atoms. The number of hydrogen-bond acceptors (Lipinski definition) is 8. The third kappa shape index (κ3) is 3.72. The number of ether oxygens (including phenoxy) is 2. The molecule has 4 rings (SSSR count). The average Bonchev–Trinajstić information content (AvgIpc) is 3.24. The van der Waals surface area contributed by atoms with Crippen molar-refractivity contribution in [2.75, 3.05) is 19.0 Å². The molecule has 142 valence electrons. The topological polar surface area (TPSA) is 135 Å². The van der Waals surface area contributed by atoms with Gasteiger partial charge >= 0.3 is 0 Å². The number of hydrogen-bond donors (Lipinski definition) is 3. The Morgan fingerprint density at radius 2 is 2.11 bits per heavy atom. The zero-order valence-electron chi connectivity index (χ0n) is 15.2. The smallest absolute Gasteiger partial charge is 0.158 e. The number of nitrogens with zero attached hydrogens (tertiary/aromatic N) is 4. The van der Waals surface area contributed by atoms with Crippen molar-refractivity contribution < 1.29 is 9.47 Å². The lowest BCUT2D eigenvalue weighted by atomic mass is 10.1. The number of aromatic amines is 1. The molecule has 2 heterocycles. The zero-order chi connectivity index (χ0) is 19.5. The van der Waals surface area contributed by atoms with Crippen molar-refractivity contribution in [3.05, 3.63) is 42.4 Å². The molecular weight excluding hydrogens is 358 g/mol. The highest BCUT2D eigenvalue weighted by atomic mass is 16.5. The van der Waals surface area contributed by atoms with Crippen LogP contribution in [-0.4, -0.2) is 39.9 Å². The van der Waals surface area contributed by atoms with E-state index in [4.69, 9.17) is 20.5 Å². The van der Waals surface area contributed by atoms with Gasteiger partial charge in [-0.05, 0) is 18.6 Å². The SMILES string of the molecule is COc1cccc(OCC2CC2N)c1-c1cc(Nc2cnc(C#N)cn2)n[nH]1. The van der Waals surface area contributed by atoms with Crippen molar-refractivity contribution in [1.82, 2.24) is 20.2 Å². The molecule has 28 heavy (non-hydrogen) atoms. The van der Waals surface area contributed by atoms with E-state index < -0.39 is 0 Å². The molecule has 4 N–H and O–H groups in total. The average molecular weight is 377 g/mol. The molecule has 0 saturated heterocycles. The van der Waals surface area contributed by atoms with Crippen LogP contribution in [0.15, 0.2) is 36.7 Å². The molecule has 2 unspecified atom stereocenters. The van der Waals surface area contributed by atoms with E-state index in [1.54, 1.807) is 7.11 Å². The first-order chi connectivity index (χ1) is 13.7. The van der Waals surface area contributed by atoms with Crippen LogP contribution in [0.5, 0.6) is 11.5 Å². The largest absolute Gasteiger partial charge is 0.496 e. The van der Waals surface area contributed by atoms with E-state index in [0.29, 0.717) is 35.7 Å². The number of rotatable bonds is 7. The summed E-state index contributed by atoms with van der Waals surface area (Å²) < 4.78 is 11.5. The number of nitriles is 1. The Balaban J connectivity index is 1.57. The van der Waals surface area contributed by atoms with Gasteiger partial charge in [0.1, 0.15) is 23.4 Å². The highest BCUT2D eigenvalue weighted by molar-refractivity contribution is 5.76. The lowest BCUT2D eigenvalue weighted by Gasteiger charge is -2.13. The molecule has 1 aromatic carbocycles. The van der Waals surface area contributed by atoms with Crippen molar-refractivity contribution in [3.8, 4) is 28.8 Å². The molecular formula is C19H19N7O2. The number of methoxy groups -OCH3 is 1. The molecule has 0 bridgehead atoms. The van der Waals surface area contributed by atoms with Gasteiger partial charge in [-0.2, -0.15) is 10.4 Å². The fourth-order valence-electron chi connectivity index (χ4n) is 2.82. The quantitative estimate of drug-likeness (QED) is 0.570. The molecule has 9 nitrogen and oxygen atoms in total. The van der Waals surface area contributed by atoms with Crippen LogP contribution in [0.2, 0.25) is 0 Å². The van der Waals surface area contributed by atoms with Crippen molar-refractivity contribution in [3.63, 3.8) is 0 Å². The molecule has 9 heteroatoms. The van der Waals surface area contributed by atoms with Crippen LogP contribution >= 0.6 is 0 Å². The Morgan fingerprint density at radius 3 is 2.79 bits per heavy atom. The minimum Gasteiger partial charge on any atom is -0.496 e. The maximum atomic E-state index is 8.80. The van der Waals surface area contributed by atoms with E-state index in [2.05, 4.69) is 25.5 Å². The van der Waals surface area contributed by atoms with E-state index in [-0.39, 0.29) is 11.7 Å². The molecule has 1 aliphatic rings. The number of nitrogens with one attached hydrogen (secondary N) is 2. The van der Waals surface area contributed by atoms with Crippen LogP contribution in [0.25, 0.3) is 11.3 Å². The first-order valence-corrected chi connectivity index (χ1v) is 8.78. The number of aromatic nitrogens is 4. The van der Waals surface area contributed by atoms with Gasteiger partial charge in [-0.25, -0.2) is 9.97 Å². The summed E-state index contributed by atoms with van der Waals surface area (Å²) in [5.74, 6) is 2.80. The van der Waals surface area contributed by atoms with E-state index in [9.17, 15) is 0 Å². The zero-order valence-corrected chi connectivity index (χ0v) is 15.2. The summed E-state index contributed by atoms with van der Waals surface area (Å²) in [4.78, 5) is 8.11. The van der Waals surface area contributed by atoms with Gasteiger partial charge in [-0.15, -0.1) is 0 Å². The Hall–Kier alpha value is -3.64. The molecule has 1 aliphatic carbocycles. The lowest BCUT2D eigenvalue weighted by molar-refractivity contribution is 0.296. The van der Waals surface area contributed by atoms with E-state index in [0.717, 1.165) is 17.7 Å². The first kappa shape index (κ1) is 17.8. The molecule has 1 saturated carbocycles. The second-order valence-electron chi connectivity index (χ2n) is 6.49. The predicted molar refractivity (Wildman–Crippen MR) is 102 cm³/mol. The second kappa shape index (κ2) is 7.54. The third-order valence-electron chi connectivity index (χ3n) is 4.51. The Morgan fingerprint density at radius 1 is 1.29 bits per heavy atom. The highest BCUT2D eigenvalue weighted by Crippen LogP contribution is 2.39. The summed E-state index contributed by atoms with van der Waals surface area (Å²) in [5, 5.41) is 19.1. The summed E-state index contributed by atoms with van der Waals surface area (Å²) in [5.41, 5.74) is 7.64. The minimum atomic E-state index is 0.227. The van der Waals surface area contributed by atoms with Gasteiger partial charge in [0.05, 0.1) is 37.4 Å². The fraction of sp³-hybridized carbons (Fsp3) is 0.263. The molecule has 0 amide bonds. The van der Waals surface area contributed by atoms with Gasteiger partial charge in [-0.3, -0.25) is 5.10 Å². The van der Waals surface area contributed by atoms with Gasteiger partial charge in [0.25, 0.3) is 0 Å². The number of nitrogens with two attached hydrogens (primary N) is 1. The summed E-state index contributed by atoms with van der Waals surface area (Å²) in [7, 11) is 1.61. The van der Waals surface area contributed by atoms with Crippen LogP contribution < -0.4 is 20.5 Å². The van der Waals surface area contributed by atoms with Crippen molar-refractivity contribution in [1.29, 1.82) is 5.26 Å². The van der Waals surface area contributed by atoms with Gasteiger partial charge in [0.2, 0.25) is 0 Å². The second-order valence-corrected chi connectivity index (χ2v) is 6.49. The van der Waals surface area contributed by atoms with Gasteiger partial charge in [0.15, 0.2) is 11.5 Å². The van der Waals surface area contributed by atoms with Gasteiger partial charge in [0, 0.05) is 18.0 Å². The fourth-order valence-corrected chi connectivity index (χ4v) is 2.82. The molecule has 2 aromatic heterocycles. The summed E-state index contributed by atoms with van der Waals surface area (Å²) in [6.45, 7) is 0.571. The standard InChI is InChI=1S/C19H19N7O2/c1-27-15-3-2-4-16(28-10-11-5-13(11)21)19(15)14-6-17(26-25-14)24-18-9-22-12(7-20)8-23-18/h2-4,6,8-9,11,13H,5,10,21H2,1H3,(H2,23,24,25,26). The normalized spacial score (nSPS) is 17.6. The maximum Gasteiger partial charge on any atom is 0.158 e. The van der Waals surface area contributed by atoms with Crippen LogP contribution in [0.3, 0.4) is 0 Å². The predicted octanol–water partition coefficient (Wildman–Crippen LogP) is 2.22. The van der Waals surface area contributed by atoms with E-state index in [1.165, 1.54) is 12.4 Å². The van der Waals surface area contributed by atoms with Crippen LogP contribution in [0, 0.1) is 17.2 Å². The highest BCUT2D eigenvalue weighted by Gasteiger charge is 2.34. The first-order valence-electron chi connectivity index (χ1n) is 8.78. The third-order valence-corrected chi connectivity index (χ3v) is 4.51. The summed E-state index contributed by atoms with van der Waals surface area (Å²) in [6, 6.07) is 9.63. The number of anilines is 2. The molecule has 0 aliphatic heterocycles. The number of benzene rings is 1. The van der Waals surface area contributed by atoms with E-state index in [1.807, 2.05) is 30.3 Å². The molecule has 1 fully saturated rings. The molecule has 3 aromatic rings. The Bertz CT molecular complexity index is 1010. The minimum absolute atomic E-state index is 0.227. The van der Waals surface area contributed by atoms with Crippen LogP contribution in [0.1, 0.15) is 12.1 Å². The summed E-state index contributed by atoms with van der Waals surface area (Å²) in [6.07, 6.45) is 3.86. The molecule has 2 atom stereocenters. The van der Waals surface area contributed by atoms with E-state index >= 15 is 0 Å². The monoisotopic (exact) mass is 377 g/mol. The van der Waals surface area contributed by atoms with Crippen molar-refractivity contribution >= 4 is 11.6 Å². The Labute approximate surface area is 161 Å². The van der Waals surface area contributed by atoms with Crippen molar-refractivity contribution in [2.24, 2.45) is 11.7 Å². The van der Waals surface area contributed by atoms with Crippen LogP contribution in [0.4, 0.5) is 11.6 Å². The maximum absolute atomic E-state index is 8.80. The Kier molecular flexibility index (Phi) is 4.78. The summed E-state index contributed by atoms with van der Waals surface area (Å²) >= 11 is 0. The molecule has 0 radical (unpaired) electrons.